The minimum Gasteiger partial charge on any atom is -0.463 e. The number of amides is 2. The molecule has 0 bridgehead atoms. The zero-order chi connectivity index (χ0) is 20.4. The molecule has 0 unspecified atom stereocenters. The fourth-order valence-corrected chi connectivity index (χ4v) is 3.76. The summed E-state index contributed by atoms with van der Waals surface area (Å²) in [4.78, 5) is 29.8. The molecule has 0 radical (unpaired) electrons. The summed E-state index contributed by atoms with van der Waals surface area (Å²) < 4.78 is 16.2. The average molecular weight is 402 g/mol. The third kappa shape index (κ3) is 4.15. The molecular formula is C20H26N4O5. The van der Waals surface area contributed by atoms with E-state index in [0.29, 0.717) is 29.3 Å². The Morgan fingerprint density at radius 2 is 1.97 bits per heavy atom. The average Bonchev–Trinajstić information content (AvgIpc) is 3.17. The molecule has 3 heterocycles. The molecule has 2 N–H and O–H groups in total. The van der Waals surface area contributed by atoms with Crippen molar-refractivity contribution < 1.29 is 23.8 Å². The Hall–Kier alpha value is -2.78. The van der Waals surface area contributed by atoms with Gasteiger partial charge in [-0.15, -0.1) is 0 Å². The number of hydrogen-bond acceptors (Lipinski definition) is 7. The van der Waals surface area contributed by atoms with Crippen LogP contribution in [-0.4, -0.2) is 75.0 Å². The van der Waals surface area contributed by atoms with Crippen LogP contribution in [0.5, 0.6) is 11.5 Å². The summed E-state index contributed by atoms with van der Waals surface area (Å²) in [6.07, 6.45) is 0. The topological polar surface area (TPSA) is 92.4 Å². The van der Waals surface area contributed by atoms with Crippen molar-refractivity contribution in [3.63, 3.8) is 0 Å². The summed E-state index contributed by atoms with van der Waals surface area (Å²) >= 11 is 0. The van der Waals surface area contributed by atoms with Crippen LogP contribution in [0, 0.1) is 0 Å². The normalized spacial score (nSPS) is 22.3. The first-order valence-corrected chi connectivity index (χ1v) is 9.83. The molecular weight excluding hydrogens is 376 g/mol. The maximum Gasteiger partial charge on any atom is 0.338 e. The van der Waals surface area contributed by atoms with Crippen molar-refractivity contribution in [2.45, 2.75) is 13.0 Å². The maximum absolute atomic E-state index is 12.9. The van der Waals surface area contributed by atoms with Crippen LogP contribution < -0.4 is 20.1 Å². The highest BCUT2D eigenvalue weighted by Crippen LogP contribution is 2.37. The van der Waals surface area contributed by atoms with Crippen LogP contribution in [0.4, 0.5) is 4.79 Å². The molecule has 3 aliphatic rings. The molecule has 1 aromatic carbocycles. The second-order valence-electron chi connectivity index (χ2n) is 7.34. The lowest BCUT2D eigenvalue weighted by Gasteiger charge is -2.35. The van der Waals surface area contributed by atoms with Gasteiger partial charge >= 0.3 is 12.0 Å². The van der Waals surface area contributed by atoms with Gasteiger partial charge in [0.05, 0.1) is 18.2 Å². The molecule has 1 aromatic rings. The lowest BCUT2D eigenvalue weighted by molar-refractivity contribution is -0.139. The van der Waals surface area contributed by atoms with Gasteiger partial charge in [-0.1, -0.05) is 6.07 Å². The molecule has 0 aromatic heterocycles. The van der Waals surface area contributed by atoms with E-state index in [2.05, 4.69) is 27.5 Å². The molecule has 1 atom stereocenters. The van der Waals surface area contributed by atoms with E-state index in [9.17, 15) is 9.59 Å². The monoisotopic (exact) mass is 402 g/mol. The van der Waals surface area contributed by atoms with Gasteiger partial charge in [-0.2, -0.15) is 0 Å². The Kier molecular flexibility index (Phi) is 5.59. The summed E-state index contributed by atoms with van der Waals surface area (Å²) in [5, 5.41) is 5.69. The molecule has 1 fully saturated rings. The Bertz CT molecular complexity index is 832. The lowest BCUT2D eigenvalue weighted by Crippen LogP contribution is -2.51. The number of carbonyl (C=O) groups excluding carboxylic acids is 2. The first kappa shape index (κ1) is 19.5. The number of benzene rings is 1. The molecule has 156 valence electrons. The van der Waals surface area contributed by atoms with Crippen molar-refractivity contribution in [1.29, 1.82) is 0 Å². The van der Waals surface area contributed by atoms with Crippen LogP contribution in [0.25, 0.3) is 0 Å². The van der Waals surface area contributed by atoms with Gasteiger partial charge in [0.1, 0.15) is 0 Å². The molecule has 1 saturated heterocycles. The second kappa shape index (κ2) is 8.30. The van der Waals surface area contributed by atoms with E-state index in [-0.39, 0.29) is 19.4 Å². The molecule has 0 spiro atoms. The summed E-state index contributed by atoms with van der Waals surface area (Å²) in [6, 6.07) is 4.45. The van der Waals surface area contributed by atoms with E-state index in [1.54, 1.807) is 19.1 Å². The number of urea groups is 1. The van der Waals surface area contributed by atoms with Gasteiger partial charge < -0.3 is 29.7 Å². The number of hydrogen-bond donors (Lipinski definition) is 2. The minimum absolute atomic E-state index is 0.159. The predicted molar refractivity (Wildman–Crippen MR) is 105 cm³/mol. The van der Waals surface area contributed by atoms with Crippen LogP contribution in [0.15, 0.2) is 29.5 Å². The Morgan fingerprint density at radius 3 is 2.72 bits per heavy atom. The zero-order valence-electron chi connectivity index (χ0n) is 16.7. The van der Waals surface area contributed by atoms with E-state index in [0.717, 1.165) is 31.7 Å². The van der Waals surface area contributed by atoms with Crippen molar-refractivity contribution in [2.75, 3.05) is 53.2 Å². The van der Waals surface area contributed by atoms with Gasteiger partial charge in [0.25, 0.3) is 0 Å². The van der Waals surface area contributed by atoms with Crippen LogP contribution in [0.1, 0.15) is 18.5 Å². The number of ether oxygens (including phenoxy) is 3. The Labute approximate surface area is 169 Å². The zero-order valence-corrected chi connectivity index (χ0v) is 16.7. The van der Waals surface area contributed by atoms with Crippen molar-refractivity contribution in [3.8, 4) is 11.5 Å². The fraction of sp³-hybridized carbons (Fsp3) is 0.500. The van der Waals surface area contributed by atoms with Crippen molar-refractivity contribution in [1.82, 2.24) is 20.4 Å². The fourth-order valence-electron chi connectivity index (χ4n) is 3.76. The quantitative estimate of drug-likeness (QED) is 0.705. The van der Waals surface area contributed by atoms with Gasteiger partial charge in [-0.05, 0) is 31.7 Å². The van der Waals surface area contributed by atoms with Crippen LogP contribution in [-0.2, 0) is 9.53 Å². The molecule has 9 nitrogen and oxygen atoms in total. The number of rotatable bonds is 5. The second-order valence-corrected chi connectivity index (χ2v) is 7.34. The maximum atomic E-state index is 12.9. The van der Waals surface area contributed by atoms with Crippen LogP contribution in [0.3, 0.4) is 0 Å². The standard InChI is InChI=1S/C20H26N4O5/c1-3-27-19(25)17-14(11-24-8-6-23(2)7-9-24)21-20(26)22-18(17)13-4-5-15-16(10-13)29-12-28-15/h4-5,10,18H,3,6-9,11-12H2,1-2H3,(H2,21,22,26)/t18-/m0/s1. The number of piperazine rings is 1. The van der Waals surface area contributed by atoms with Crippen molar-refractivity contribution >= 4 is 12.0 Å². The predicted octanol–water partition coefficient (Wildman–Crippen LogP) is 0.834. The van der Waals surface area contributed by atoms with Gasteiger partial charge in [0.2, 0.25) is 6.79 Å². The van der Waals surface area contributed by atoms with E-state index in [1.807, 2.05) is 6.07 Å². The molecule has 4 rings (SSSR count). The third-order valence-corrected chi connectivity index (χ3v) is 5.36. The molecule has 0 saturated carbocycles. The number of carbonyl (C=O) groups is 2. The highest BCUT2D eigenvalue weighted by atomic mass is 16.7. The number of nitrogens with zero attached hydrogens (tertiary/aromatic N) is 2. The molecule has 9 heteroatoms. The SMILES string of the molecule is CCOC(=O)C1=C(CN2CCN(C)CC2)NC(=O)N[C@H]1c1ccc2c(c1)OCO2. The Morgan fingerprint density at radius 1 is 1.21 bits per heavy atom. The molecule has 2 amide bonds. The van der Waals surface area contributed by atoms with Gasteiger partial charge in [0.15, 0.2) is 11.5 Å². The van der Waals surface area contributed by atoms with Gasteiger partial charge in [0, 0.05) is 38.4 Å². The number of fused-ring (bicyclic) bond motifs is 1. The summed E-state index contributed by atoms with van der Waals surface area (Å²) in [5.41, 5.74) is 1.74. The van der Waals surface area contributed by atoms with Crippen molar-refractivity contribution in [2.24, 2.45) is 0 Å². The van der Waals surface area contributed by atoms with Crippen LogP contribution >= 0.6 is 0 Å². The summed E-state index contributed by atoms with van der Waals surface area (Å²) in [7, 11) is 2.09. The van der Waals surface area contributed by atoms with Gasteiger partial charge in [-0.3, -0.25) is 4.90 Å². The minimum atomic E-state index is -0.625. The Balaban J connectivity index is 1.68. The van der Waals surface area contributed by atoms with E-state index in [1.165, 1.54) is 0 Å². The van der Waals surface area contributed by atoms with Crippen molar-refractivity contribution in [3.05, 3.63) is 35.0 Å². The summed E-state index contributed by atoms with van der Waals surface area (Å²) in [5.74, 6) is 0.805. The smallest absolute Gasteiger partial charge is 0.338 e. The van der Waals surface area contributed by atoms with E-state index >= 15 is 0 Å². The largest absolute Gasteiger partial charge is 0.463 e. The number of likely N-dealkylation sites (N-methyl/N-ethyl adjacent to an activating group) is 1. The highest BCUT2D eigenvalue weighted by molar-refractivity contribution is 5.95. The van der Waals surface area contributed by atoms with Gasteiger partial charge in [-0.25, -0.2) is 9.59 Å². The number of esters is 1. The van der Waals surface area contributed by atoms with E-state index < -0.39 is 12.0 Å². The third-order valence-electron chi connectivity index (χ3n) is 5.36. The number of nitrogens with one attached hydrogen (secondary N) is 2. The van der Waals surface area contributed by atoms with Crippen LogP contribution in [0.2, 0.25) is 0 Å². The molecule has 0 aliphatic carbocycles. The van der Waals surface area contributed by atoms with E-state index in [4.69, 9.17) is 14.2 Å². The first-order valence-electron chi connectivity index (χ1n) is 9.83. The molecule has 29 heavy (non-hydrogen) atoms. The summed E-state index contributed by atoms with van der Waals surface area (Å²) in [6.45, 7) is 6.29. The highest BCUT2D eigenvalue weighted by Gasteiger charge is 2.35. The first-order chi connectivity index (χ1) is 14.0. The lowest BCUT2D eigenvalue weighted by atomic mass is 9.94. The molecule has 3 aliphatic heterocycles.